The maximum absolute atomic E-state index is 6.00. The van der Waals surface area contributed by atoms with Gasteiger partial charge in [0.2, 0.25) is 0 Å². The van der Waals surface area contributed by atoms with E-state index in [4.69, 9.17) is 5.73 Å². The predicted octanol–water partition coefficient (Wildman–Crippen LogP) is 4.50. The van der Waals surface area contributed by atoms with Gasteiger partial charge >= 0.3 is 0 Å². The minimum absolute atomic E-state index is 0.0293. The Balaban J connectivity index is 3.65. The zero-order valence-electron chi connectivity index (χ0n) is 11.3. The maximum atomic E-state index is 6.00. The summed E-state index contributed by atoms with van der Waals surface area (Å²) in [6, 6.07) is 0. The highest BCUT2D eigenvalue weighted by Crippen LogP contribution is 2.22. The molecule has 0 saturated carbocycles. The first kappa shape index (κ1) is 15.0. The lowest BCUT2D eigenvalue weighted by molar-refractivity contribution is 0.359. The van der Waals surface area contributed by atoms with Crippen molar-refractivity contribution >= 4 is 0 Å². The predicted molar refractivity (Wildman–Crippen MR) is 70.0 cm³/mol. The van der Waals surface area contributed by atoms with Gasteiger partial charge in [-0.2, -0.15) is 0 Å². The summed E-state index contributed by atoms with van der Waals surface area (Å²) in [5.74, 6) is 0.956. The first-order valence-electron chi connectivity index (χ1n) is 6.78. The van der Waals surface area contributed by atoms with E-state index in [9.17, 15) is 0 Å². The molecule has 1 heteroatoms. The average Bonchev–Trinajstić information content (AvgIpc) is 2.12. The quantitative estimate of drug-likeness (QED) is 0.599. The Morgan fingerprint density at radius 1 is 0.933 bits per heavy atom. The Hall–Kier alpha value is -0.0400. The number of unbranched alkanes of at least 4 members (excludes halogenated alkanes) is 1. The van der Waals surface area contributed by atoms with Gasteiger partial charge in [0.05, 0.1) is 0 Å². The van der Waals surface area contributed by atoms with Crippen LogP contribution in [-0.2, 0) is 0 Å². The van der Waals surface area contributed by atoms with Crippen LogP contribution in [0.25, 0.3) is 0 Å². The summed E-state index contributed by atoms with van der Waals surface area (Å²) in [7, 11) is 0. The fourth-order valence-electron chi connectivity index (χ4n) is 2.18. The van der Waals surface area contributed by atoms with Crippen molar-refractivity contribution in [2.75, 3.05) is 0 Å². The van der Waals surface area contributed by atoms with Crippen LogP contribution in [0, 0.1) is 5.92 Å². The SMILES string of the molecule is CCCCC(CCC)CCCC(C)(C)N. The van der Waals surface area contributed by atoms with E-state index in [0.29, 0.717) is 0 Å². The van der Waals surface area contributed by atoms with Gasteiger partial charge in [0.15, 0.2) is 0 Å². The maximum Gasteiger partial charge on any atom is 0.00970 e. The third-order valence-corrected chi connectivity index (χ3v) is 3.10. The lowest BCUT2D eigenvalue weighted by Crippen LogP contribution is -2.31. The van der Waals surface area contributed by atoms with Crippen LogP contribution in [0.2, 0.25) is 0 Å². The Bertz CT molecular complexity index is 135. The molecule has 0 heterocycles. The molecule has 0 rings (SSSR count). The monoisotopic (exact) mass is 213 g/mol. The molecule has 0 aromatic heterocycles. The van der Waals surface area contributed by atoms with Crippen LogP contribution in [0.1, 0.15) is 79.1 Å². The molecule has 0 radical (unpaired) electrons. The zero-order chi connectivity index (χ0) is 11.7. The molecule has 1 atom stereocenters. The highest BCUT2D eigenvalue weighted by atomic mass is 14.7. The van der Waals surface area contributed by atoms with Gasteiger partial charge in [0.1, 0.15) is 0 Å². The van der Waals surface area contributed by atoms with Crippen molar-refractivity contribution in [1.82, 2.24) is 0 Å². The molecule has 0 aromatic rings. The second-order valence-corrected chi connectivity index (χ2v) is 5.68. The molecule has 0 aromatic carbocycles. The smallest absolute Gasteiger partial charge is 0.00970 e. The molecule has 0 aliphatic rings. The molecule has 0 amide bonds. The third-order valence-electron chi connectivity index (χ3n) is 3.10. The normalized spacial score (nSPS) is 14.2. The van der Waals surface area contributed by atoms with Gasteiger partial charge in [-0.25, -0.2) is 0 Å². The number of hydrogen-bond acceptors (Lipinski definition) is 1. The Morgan fingerprint density at radius 2 is 1.53 bits per heavy atom. The summed E-state index contributed by atoms with van der Waals surface area (Å²) in [5.41, 5.74) is 6.03. The van der Waals surface area contributed by atoms with E-state index in [-0.39, 0.29) is 5.54 Å². The first-order valence-corrected chi connectivity index (χ1v) is 6.78. The van der Waals surface area contributed by atoms with Crippen molar-refractivity contribution < 1.29 is 0 Å². The van der Waals surface area contributed by atoms with Gasteiger partial charge in [-0.1, -0.05) is 58.8 Å². The van der Waals surface area contributed by atoms with Crippen LogP contribution < -0.4 is 5.73 Å². The lowest BCUT2D eigenvalue weighted by atomic mass is 9.89. The van der Waals surface area contributed by atoms with E-state index in [0.717, 1.165) is 5.92 Å². The van der Waals surface area contributed by atoms with E-state index < -0.39 is 0 Å². The van der Waals surface area contributed by atoms with Crippen molar-refractivity contribution in [3.05, 3.63) is 0 Å². The average molecular weight is 213 g/mol. The van der Waals surface area contributed by atoms with Crippen molar-refractivity contribution in [2.24, 2.45) is 11.7 Å². The Morgan fingerprint density at radius 3 is 2.00 bits per heavy atom. The van der Waals surface area contributed by atoms with Crippen LogP contribution in [0.5, 0.6) is 0 Å². The van der Waals surface area contributed by atoms with Gasteiger partial charge in [0.25, 0.3) is 0 Å². The molecule has 15 heavy (non-hydrogen) atoms. The summed E-state index contributed by atoms with van der Waals surface area (Å²) in [5, 5.41) is 0. The van der Waals surface area contributed by atoms with Gasteiger partial charge in [-0.05, 0) is 26.2 Å². The number of hydrogen-bond donors (Lipinski definition) is 1. The van der Waals surface area contributed by atoms with E-state index >= 15 is 0 Å². The second-order valence-electron chi connectivity index (χ2n) is 5.68. The van der Waals surface area contributed by atoms with E-state index in [1.165, 1.54) is 51.4 Å². The molecular formula is C14H31N. The van der Waals surface area contributed by atoms with Crippen LogP contribution in [-0.4, -0.2) is 5.54 Å². The molecule has 92 valence electrons. The van der Waals surface area contributed by atoms with Crippen molar-refractivity contribution in [1.29, 1.82) is 0 Å². The van der Waals surface area contributed by atoms with E-state index in [1.54, 1.807) is 0 Å². The van der Waals surface area contributed by atoms with Crippen LogP contribution in [0.3, 0.4) is 0 Å². The highest BCUT2D eigenvalue weighted by molar-refractivity contribution is 4.72. The summed E-state index contributed by atoms with van der Waals surface area (Å²) in [4.78, 5) is 0. The largest absolute Gasteiger partial charge is 0.326 e. The molecule has 0 fully saturated rings. The second kappa shape index (κ2) is 8.15. The minimum atomic E-state index is 0.0293. The Kier molecular flexibility index (Phi) is 8.13. The highest BCUT2D eigenvalue weighted by Gasteiger charge is 2.12. The fraction of sp³-hybridized carbons (Fsp3) is 1.00. The number of nitrogens with two attached hydrogens (primary N) is 1. The summed E-state index contributed by atoms with van der Waals surface area (Å²) < 4.78 is 0. The lowest BCUT2D eigenvalue weighted by Gasteiger charge is -2.21. The van der Waals surface area contributed by atoms with Crippen molar-refractivity contribution in [3.8, 4) is 0 Å². The first-order chi connectivity index (χ1) is 6.99. The number of rotatable bonds is 9. The van der Waals surface area contributed by atoms with E-state index in [2.05, 4.69) is 27.7 Å². The summed E-state index contributed by atoms with van der Waals surface area (Å²) in [6.07, 6.45) is 10.8. The Labute approximate surface area is 96.8 Å². The van der Waals surface area contributed by atoms with Crippen molar-refractivity contribution in [2.45, 2.75) is 84.6 Å². The van der Waals surface area contributed by atoms with Gasteiger partial charge in [0, 0.05) is 5.54 Å². The zero-order valence-corrected chi connectivity index (χ0v) is 11.3. The fourth-order valence-corrected chi connectivity index (χ4v) is 2.18. The molecule has 0 spiro atoms. The van der Waals surface area contributed by atoms with Gasteiger partial charge < -0.3 is 5.73 Å². The molecular weight excluding hydrogens is 182 g/mol. The molecule has 1 unspecified atom stereocenters. The van der Waals surface area contributed by atoms with Crippen LogP contribution in [0.15, 0.2) is 0 Å². The molecule has 1 nitrogen and oxygen atoms in total. The van der Waals surface area contributed by atoms with Crippen molar-refractivity contribution in [3.63, 3.8) is 0 Å². The molecule has 0 aliphatic carbocycles. The van der Waals surface area contributed by atoms with Gasteiger partial charge in [-0.15, -0.1) is 0 Å². The molecule has 0 bridgehead atoms. The molecule has 0 aliphatic heterocycles. The standard InChI is InChI=1S/C14H31N/c1-5-7-10-13(9-6-2)11-8-12-14(3,4)15/h13H,5-12,15H2,1-4H3. The van der Waals surface area contributed by atoms with Crippen LogP contribution in [0.4, 0.5) is 0 Å². The van der Waals surface area contributed by atoms with Gasteiger partial charge in [-0.3, -0.25) is 0 Å². The molecule has 0 saturated heterocycles. The topological polar surface area (TPSA) is 26.0 Å². The molecule has 2 N–H and O–H groups in total. The van der Waals surface area contributed by atoms with Crippen LogP contribution >= 0.6 is 0 Å². The summed E-state index contributed by atoms with van der Waals surface area (Å²) >= 11 is 0. The minimum Gasteiger partial charge on any atom is -0.326 e. The van der Waals surface area contributed by atoms with E-state index in [1.807, 2.05) is 0 Å². The summed E-state index contributed by atoms with van der Waals surface area (Å²) in [6.45, 7) is 8.85. The third kappa shape index (κ3) is 10.2.